The molecule has 0 aliphatic rings. The van der Waals surface area contributed by atoms with Crippen molar-refractivity contribution in [2.24, 2.45) is 0 Å². The summed E-state index contributed by atoms with van der Waals surface area (Å²) in [4.78, 5) is 7.15. The molecule has 2 aromatic rings. The maximum Gasteiger partial charge on any atom is 0.138 e. The Morgan fingerprint density at radius 3 is 2.79 bits per heavy atom. The quantitative estimate of drug-likeness (QED) is 0.770. The summed E-state index contributed by atoms with van der Waals surface area (Å²) in [6, 6.07) is 4.24. The van der Waals surface area contributed by atoms with E-state index in [0.29, 0.717) is 16.4 Å². The molecule has 72 valence electrons. The second-order valence-electron chi connectivity index (χ2n) is 3.04. The van der Waals surface area contributed by atoms with Gasteiger partial charge in [0.25, 0.3) is 0 Å². The molecule has 0 unspecified atom stereocenters. The number of rotatable bonds is 1. The zero-order valence-corrected chi connectivity index (χ0v) is 8.27. The zero-order valence-electron chi connectivity index (χ0n) is 7.51. The first kappa shape index (κ1) is 9.21. The van der Waals surface area contributed by atoms with Crippen LogP contribution in [0, 0.1) is 12.7 Å². The Hall–Kier alpha value is -1.35. The van der Waals surface area contributed by atoms with E-state index < -0.39 is 0 Å². The van der Waals surface area contributed by atoms with Crippen LogP contribution in [0.4, 0.5) is 4.39 Å². The molecule has 0 amide bonds. The molecule has 0 aliphatic carbocycles. The molecular weight excluding hydrogens is 203 g/mol. The Bertz CT molecular complexity index is 465. The van der Waals surface area contributed by atoms with E-state index in [4.69, 9.17) is 11.6 Å². The van der Waals surface area contributed by atoms with Crippen molar-refractivity contribution in [3.8, 4) is 11.4 Å². The maximum atomic E-state index is 12.8. The van der Waals surface area contributed by atoms with Crippen molar-refractivity contribution < 1.29 is 4.39 Å². The Balaban J connectivity index is 2.52. The Labute approximate surface area is 85.8 Å². The highest BCUT2D eigenvalue weighted by Crippen LogP contribution is 2.25. The first-order chi connectivity index (χ1) is 6.66. The number of hydrogen-bond donors (Lipinski definition) is 1. The van der Waals surface area contributed by atoms with Gasteiger partial charge in [0, 0.05) is 17.5 Å². The van der Waals surface area contributed by atoms with Crippen LogP contribution in [0.1, 0.15) is 5.69 Å². The topological polar surface area (TPSA) is 28.7 Å². The van der Waals surface area contributed by atoms with Crippen LogP contribution >= 0.6 is 11.6 Å². The van der Waals surface area contributed by atoms with Gasteiger partial charge in [0.2, 0.25) is 0 Å². The van der Waals surface area contributed by atoms with Gasteiger partial charge < -0.3 is 4.98 Å². The molecule has 1 aromatic heterocycles. The van der Waals surface area contributed by atoms with Gasteiger partial charge in [-0.15, -0.1) is 0 Å². The van der Waals surface area contributed by atoms with E-state index in [1.165, 1.54) is 12.1 Å². The summed E-state index contributed by atoms with van der Waals surface area (Å²) in [7, 11) is 0. The summed E-state index contributed by atoms with van der Waals surface area (Å²) in [6.07, 6.45) is 1.70. The fraction of sp³-hybridized carbons (Fsp3) is 0.100. The third-order valence-corrected chi connectivity index (χ3v) is 2.20. The lowest BCUT2D eigenvalue weighted by Gasteiger charge is -1.99. The predicted octanol–water partition coefficient (Wildman–Crippen LogP) is 3.18. The van der Waals surface area contributed by atoms with Gasteiger partial charge in [0.05, 0.1) is 5.02 Å². The minimum Gasteiger partial charge on any atom is -0.342 e. The highest BCUT2D eigenvalue weighted by molar-refractivity contribution is 6.33. The molecule has 14 heavy (non-hydrogen) atoms. The van der Waals surface area contributed by atoms with E-state index in [9.17, 15) is 4.39 Å². The number of H-pyrrole nitrogens is 1. The predicted molar refractivity (Wildman–Crippen MR) is 53.7 cm³/mol. The second kappa shape index (κ2) is 3.42. The number of halogens is 2. The summed E-state index contributed by atoms with van der Waals surface area (Å²) in [6.45, 7) is 1.90. The number of hydrogen-bond acceptors (Lipinski definition) is 1. The molecule has 0 aliphatic heterocycles. The molecule has 0 atom stereocenters. The highest BCUT2D eigenvalue weighted by Gasteiger charge is 2.06. The molecule has 0 radical (unpaired) electrons. The Kier molecular flexibility index (Phi) is 2.25. The molecule has 4 heteroatoms. The standard InChI is InChI=1S/C10H8ClFN2/c1-6-5-13-10(14-6)8-3-2-7(12)4-9(8)11/h2-5H,1H3,(H,13,14). The molecule has 0 saturated carbocycles. The molecule has 2 nitrogen and oxygen atoms in total. The van der Waals surface area contributed by atoms with Gasteiger partial charge in [-0.05, 0) is 25.1 Å². The number of aromatic nitrogens is 2. The summed E-state index contributed by atoms with van der Waals surface area (Å²) in [5.74, 6) is 0.314. The lowest BCUT2D eigenvalue weighted by Crippen LogP contribution is -1.83. The average Bonchev–Trinajstić information content (AvgIpc) is 2.51. The smallest absolute Gasteiger partial charge is 0.138 e. The molecule has 0 bridgehead atoms. The van der Waals surface area contributed by atoms with E-state index in [2.05, 4.69) is 9.97 Å². The number of aromatic amines is 1. The fourth-order valence-electron chi connectivity index (χ4n) is 1.23. The summed E-state index contributed by atoms with van der Waals surface area (Å²) in [5.41, 5.74) is 1.65. The largest absolute Gasteiger partial charge is 0.342 e. The van der Waals surface area contributed by atoms with Gasteiger partial charge >= 0.3 is 0 Å². The Morgan fingerprint density at radius 1 is 1.43 bits per heavy atom. The van der Waals surface area contributed by atoms with Crippen molar-refractivity contribution >= 4 is 11.6 Å². The highest BCUT2D eigenvalue weighted by atomic mass is 35.5. The van der Waals surface area contributed by atoms with Gasteiger partial charge in [-0.3, -0.25) is 0 Å². The molecule has 0 spiro atoms. The molecule has 0 fully saturated rings. The third kappa shape index (κ3) is 1.63. The molecule has 0 saturated heterocycles. The lowest BCUT2D eigenvalue weighted by atomic mass is 10.2. The van der Waals surface area contributed by atoms with Crippen LogP contribution in [0.3, 0.4) is 0 Å². The van der Waals surface area contributed by atoms with Gasteiger partial charge in [-0.2, -0.15) is 0 Å². The number of benzene rings is 1. The van der Waals surface area contributed by atoms with Crippen LogP contribution in [0.25, 0.3) is 11.4 Å². The van der Waals surface area contributed by atoms with Crippen LogP contribution in [0.15, 0.2) is 24.4 Å². The van der Waals surface area contributed by atoms with Crippen molar-refractivity contribution in [2.75, 3.05) is 0 Å². The normalized spacial score (nSPS) is 10.5. The third-order valence-electron chi connectivity index (χ3n) is 1.89. The second-order valence-corrected chi connectivity index (χ2v) is 3.45. The van der Waals surface area contributed by atoms with Crippen molar-refractivity contribution in [3.63, 3.8) is 0 Å². The molecule has 1 heterocycles. The first-order valence-corrected chi connectivity index (χ1v) is 4.51. The van der Waals surface area contributed by atoms with Crippen LogP contribution in [-0.2, 0) is 0 Å². The minimum absolute atomic E-state index is 0.345. The SMILES string of the molecule is Cc1cnc(-c2ccc(F)cc2Cl)[nH]1. The van der Waals surface area contributed by atoms with Gasteiger partial charge in [0.1, 0.15) is 11.6 Å². The van der Waals surface area contributed by atoms with Crippen molar-refractivity contribution in [1.82, 2.24) is 9.97 Å². The van der Waals surface area contributed by atoms with Crippen molar-refractivity contribution in [2.45, 2.75) is 6.92 Å². The minimum atomic E-state index is -0.345. The maximum absolute atomic E-state index is 12.8. The molecule has 1 N–H and O–H groups in total. The fourth-order valence-corrected chi connectivity index (χ4v) is 1.49. The number of imidazole rings is 1. The van der Waals surface area contributed by atoms with Gasteiger partial charge in [0.15, 0.2) is 0 Å². The average molecular weight is 211 g/mol. The molecular formula is C10H8ClFN2. The van der Waals surface area contributed by atoms with E-state index >= 15 is 0 Å². The summed E-state index contributed by atoms with van der Waals surface area (Å²) in [5, 5.41) is 0.361. The molecule has 1 aromatic carbocycles. The summed E-state index contributed by atoms with van der Waals surface area (Å²) < 4.78 is 12.8. The number of nitrogens with zero attached hydrogens (tertiary/aromatic N) is 1. The van der Waals surface area contributed by atoms with Gasteiger partial charge in [-0.25, -0.2) is 9.37 Å². The van der Waals surface area contributed by atoms with Crippen molar-refractivity contribution in [1.29, 1.82) is 0 Å². The number of nitrogens with one attached hydrogen (secondary N) is 1. The van der Waals surface area contributed by atoms with Crippen LogP contribution < -0.4 is 0 Å². The molecule has 2 rings (SSSR count). The summed E-state index contributed by atoms with van der Waals surface area (Å²) >= 11 is 5.87. The van der Waals surface area contributed by atoms with Crippen LogP contribution in [-0.4, -0.2) is 9.97 Å². The zero-order chi connectivity index (χ0) is 10.1. The van der Waals surface area contributed by atoms with E-state index in [-0.39, 0.29) is 5.82 Å². The van der Waals surface area contributed by atoms with Crippen LogP contribution in [0.2, 0.25) is 5.02 Å². The van der Waals surface area contributed by atoms with Crippen LogP contribution in [0.5, 0.6) is 0 Å². The number of aryl methyl sites for hydroxylation is 1. The van der Waals surface area contributed by atoms with E-state index in [1.807, 2.05) is 6.92 Å². The van der Waals surface area contributed by atoms with Gasteiger partial charge in [-0.1, -0.05) is 11.6 Å². The lowest BCUT2D eigenvalue weighted by molar-refractivity contribution is 0.628. The van der Waals surface area contributed by atoms with E-state index in [0.717, 1.165) is 5.69 Å². The Morgan fingerprint density at radius 2 is 2.21 bits per heavy atom. The van der Waals surface area contributed by atoms with Crippen molar-refractivity contribution in [3.05, 3.63) is 40.9 Å². The monoisotopic (exact) mass is 210 g/mol. The first-order valence-electron chi connectivity index (χ1n) is 4.14. The van der Waals surface area contributed by atoms with E-state index in [1.54, 1.807) is 12.3 Å².